The maximum Gasteiger partial charge on any atom is 0.251 e. The van der Waals surface area contributed by atoms with E-state index in [1.54, 1.807) is 48.5 Å². The number of hydrogen-bond donors (Lipinski definition) is 1. The lowest BCUT2D eigenvalue weighted by molar-refractivity contribution is 0.0951. The summed E-state index contributed by atoms with van der Waals surface area (Å²) in [6, 6.07) is 15.4. The van der Waals surface area contributed by atoms with Crippen LogP contribution in [0.15, 0.2) is 59.5 Å². The molecule has 2 aromatic carbocycles. The Bertz CT molecular complexity index is 1160. The molecule has 0 bridgehead atoms. The molecule has 4 rings (SSSR count). The fourth-order valence-electron chi connectivity index (χ4n) is 3.38. The summed E-state index contributed by atoms with van der Waals surface area (Å²) < 4.78 is 26.7. The summed E-state index contributed by atoms with van der Waals surface area (Å²) in [7, 11) is -3.42. The van der Waals surface area contributed by atoms with Crippen LogP contribution in [0.4, 0.5) is 0 Å². The van der Waals surface area contributed by atoms with Gasteiger partial charge in [-0.25, -0.2) is 13.4 Å². The first kappa shape index (κ1) is 19.8. The van der Waals surface area contributed by atoms with Crippen LogP contribution in [-0.4, -0.2) is 36.7 Å². The Morgan fingerprint density at radius 1 is 1.03 bits per heavy atom. The summed E-state index contributed by atoms with van der Waals surface area (Å²) >= 11 is 5.88. The first-order valence-corrected chi connectivity index (χ1v) is 11.2. The Balaban J connectivity index is 1.42. The van der Waals surface area contributed by atoms with E-state index in [2.05, 4.69) is 10.3 Å². The average Bonchev–Trinajstić information content (AvgIpc) is 3.28. The lowest BCUT2D eigenvalue weighted by atomic mass is 10.1. The number of fused-ring (bicyclic) bond motifs is 1. The van der Waals surface area contributed by atoms with Gasteiger partial charge in [-0.05, 0) is 60.9 Å². The van der Waals surface area contributed by atoms with Gasteiger partial charge in [0.2, 0.25) is 10.0 Å². The van der Waals surface area contributed by atoms with E-state index in [9.17, 15) is 13.2 Å². The van der Waals surface area contributed by atoms with Gasteiger partial charge in [0, 0.05) is 30.6 Å². The van der Waals surface area contributed by atoms with Crippen molar-refractivity contribution in [2.45, 2.75) is 24.3 Å². The molecule has 0 atom stereocenters. The molecule has 0 unspecified atom stereocenters. The maximum absolute atomic E-state index is 12.6. The number of rotatable bonds is 5. The highest BCUT2D eigenvalue weighted by Crippen LogP contribution is 2.21. The van der Waals surface area contributed by atoms with Crippen LogP contribution < -0.4 is 5.32 Å². The minimum Gasteiger partial charge on any atom is -0.348 e. The number of carbonyl (C=O) groups excluding carboxylic acids is 1. The topological polar surface area (TPSA) is 79.4 Å². The number of aromatic nitrogens is 1. The highest BCUT2D eigenvalue weighted by molar-refractivity contribution is 7.89. The largest absolute Gasteiger partial charge is 0.348 e. The minimum atomic E-state index is -3.42. The van der Waals surface area contributed by atoms with Crippen LogP contribution in [0.5, 0.6) is 0 Å². The molecule has 1 aromatic heterocycles. The monoisotopic (exact) mass is 429 g/mol. The van der Waals surface area contributed by atoms with Crippen molar-refractivity contribution >= 4 is 38.4 Å². The third-order valence-electron chi connectivity index (χ3n) is 5.00. The van der Waals surface area contributed by atoms with Crippen LogP contribution in [0.2, 0.25) is 5.15 Å². The predicted octanol–water partition coefficient (Wildman–Crippen LogP) is 3.60. The molecule has 1 aliphatic heterocycles. The molecule has 1 saturated heterocycles. The first-order valence-electron chi connectivity index (χ1n) is 9.37. The van der Waals surface area contributed by atoms with Gasteiger partial charge in [-0.15, -0.1) is 0 Å². The highest BCUT2D eigenvalue weighted by atomic mass is 35.5. The Kier molecular flexibility index (Phi) is 5.54. The number of nitrogens with one attached hydrogen (secondary N) is 1. The molecule has 1 amide bonds. The Morgan fingerprint density at radius 3 is 2.48 bits per heavy atom. The molecule has 150 valence electrons. The van der Waals surface area contributed by atoms with Crippen LogP contribution in [0.3, 0.4) is 0 Å². The van der Waals surface area contributed by atoms with Crippen LogP contribution in [0.25, 0.3) is 10.9 Å². The second-order valence-corrected chi connectivity index (χ2v) is 9.30. The van der Waals surface area contributed by atoms with Gasteiger partial charge in [-0.1, -0.05) is 23.7 Å². The number of hydrogen-bond acceptors (Lipinski definition) is 4. The fraction of sp³-hybridized carbons (Fsp3) is 0.238. The van der Waals surface area contributed by atoms with E-state index in [1.165, 1.54) is 4.31 Å². The maximum atomic E-state index is 12.6. The molecule has 1 fully saturated rings. The zero-order valence-corrected chi connectivity index (χ0v) is 17.2. The molecular weight excluding hydrogens is 410 g/mol. The van der Waals surface area contributed by atoms with E-state index < -0.39 is 10.0 Å². The number of pyridine rings is 1. The Morgan fingerprint density at radius 2 is 1.76 bits per heavy atom. The lowest BCUT2D eigenvalue weighted by Gasteiger charge is -2.15. The Hall–Kier alpha value is -2.48. The molecule has 29 heavy (non-hydrogen) atoms. The zero-order valence-electron chi connectivity index (χ0n) is 15.6. The van der Waals surface area contributed by atoms with E-state index in [0.29, 0.717) is 30.4 Å². The number of halogens is 1. The van der Waals surface area contributed by atoms with Gasteiger partial charge in [0.25, 0.3) is 5.91 Å². The van der Waals surface area contributed by atoms with Crippen LogP contribution in [0.1, 0.15) is 28.8 Å². The fourth-order valence-corrected chi connectivity index (χ4v) is 5.05. The quantitative estimate of drug-likeness (QED) is 0.628. The first-order chi connectivity index (χ1) is 13.9. The molecule has 2 heterocycles. The summed E-state index contributed by atoms with van der Waals surface area (Å²) in [5.41, 5.74) is 2.08. The summed E-state index contributed by atoms with van der Waals surface area (Å²) in [4.78, 5) is 17.0. The van der Waals surface area contributed by atoms with Gasteiger partial charge < -0.3 is 5.32 Å². The van der Waals surface area contributed by atoms with E-state index in [1.807, 2.05) is 6.07 Å². The molecule has 6 nitrogen and oxygen atoms in total. The molecule has 3 aromatic rings. The lowest BCUT2D eigenvalue weighted by Crippen LogP contribution is -2.28. The molecule has 1 N–H and O–H groups in total. The van der Waals surface area contributed by atoms with Crippen molar-refractivity contribution in [1.29, 1.82) is 0 Å². The van der Waals surface area contributed by atoms with Crippen molar-refractivity contribution in [2.75, 3.05) is 13.1 Å². The summed E-state index contributed by atoms with van der Waals surface area (Å²) in [5.74, 6) is -0.212. The van der Waals surface area contributed by atoms with Gasteiger partial charge in [-0.2, -0.15) is 4.31 Å². The third-order valence-corrected chi connectivity index (χ3v) is 7.12. The highest BCUT2D eigenvalue weighted by Gasteiger charge is 2.26. The van der Waals surface area contributed by atoms with Crippen molar-refractivity contribution in [3.05, 3.63) is 70.9 Å². The van der Waals surface area contributed by atoms with Crippen LogP contribution in [0, 0.1) is 0 Å². The van der Waals surface area contributed by atoms with Crippen molar-refractivity contribution < 1.29 is 13.2 Å². The van der Waals surface area contributed by atoms with E-state index >= 15 is 0 Å². The SMILES string of the molecule is O=C(NCc1ccc(S(=O)(=O)N2CCCC2)cc1)c1ccc2nc(Cl)ccc2c1. The van der Waals surface area contributed by atoms with Gasteiger partial charge in [0.15, 0.2) is 0 Å². The second-order valence-electron chi connectivity index (χ2n) is 6.98. The van der Waals surface area contributed by atoms with E-state index in [4.69, 9.17) is 11.6 Å². The number of benzene rings is 2. The number of amides is 1. The standard InChI is InChI=1S/C21H20ClN3O3S/c22-20-10-6-16-13-17(5-9-19(16)24-20)21(26)23-14-15-3-7-18(8-4-15)29(27,28)25-11-1-2-12-25/h3-10,13H,1-2,11-12,14H2,(H,23,26). The number of nitrogens with zero attached hydrogens (tertiary/aromatic N) is 2. The normalized spacial score (nSPS) is 14.9. The van der Waals surface area contributed by atoms with E-state index in [-0.39, 0.29) is 10.8 Å². The minimum absolute atomic E-state index is 0.212. The Labute approximate surface area is 174 Å². The predicted molar refractivity (Wildman–Crippen MR) is 112 cm³/mol. The third kappa shape index (κ3) is 4.27. The molecule has 0 aliphatic carbocycles. The van der Waals surface area contributed by atoms with Crippen LogP contribution in [-0.2, 0) is 16.6 Å². The van der Waals surface area contributed by atoms with Crippen LogP contribution >= 0.6 is 11.6 Å². The van der Waals surface area contributed by atoms with Crippen molar-refractivity contribution in [2.24, 2.45) is 0 Å². The number of sulfonamides is 1. The smallest absolute Gasteiger partial charge is 0.251 e. The van der Waals surface area contributed by atoms with E-state index in [0.717, 1.165) is 29.3 Å². The molecular formula is C21H20ClN3O3S. The van der Waals surface area contributed by atoms with Crippen molar-refractivity contribution in [3.63, 3.8) is 0 Å². The van der Waals surface area contributed by atoms with Crippen molar-refractivity contribution in [1.82, 2.24) is 14.6 Å². The summed E-state index contributed by atoms with van der Waals surface area (Å²) in [6.45, 7) is 1.46. The van der Waals surface area contributed by atoms with Crippen molar-refractivity contribution in [3.8, 4) is 0 Å². The van der Waals surface area contributed by atoms with Gasteiger partial charge >= 0.3 is 0 Å². The van der Waals surface area contributed by atoms with Gasteiger partial charge in [0.05, 0.1) is 10.4 Å². The van der Waals surface area contributed by atoms with Gasteiger partial charge in [-0.3, -0.25) is 4.79 Å². The number of carbonyl (C=O) groups is 1. The molecule has 0 radical (unpaired) electrons. The molecule has 8 heteroatoms. The molecule has 1 aliphatic rings. The molecule has 0 spiro atoms. The zero-order chi connectivity index (χ0) is 20.4. The summed E-state index contributed by atoms with van der Waals surface area (Å²) in [6.07, 6.45) is 1.81. The molecule has 0 saturated carbocycles. The van der Waals surface area contributed by atoms with Gasteiger partial charge in [0.1, 0.15) is 5.15 Å². The average molecular weight is 430 g/mol. The summed E-state index contributed by atoms with van der Waals surface area (Å²) in [5, 5.41) is 4.10. The second kappa shape index (κ2) is 8.10.